The van der Waals surface area contributed by atoms with Gasteiger partial charge in [0.25, 0.3) is 0 Å². The van der Waals surface area contributed by atoms with Gasteiger partial charge in [0.05, 0.1) is 6.04 Å². The van der Waals surface area contributed by atoms with Gasteiger partial charge in [-0.25, -0.2) is 4.39 Å². The van der Waals surface area contributed by atoms with Crippen LogP contribution in [0.5, 0.6) is 0 Å². The maximum absolute atomic E-state index is 12.8. The predicted molar refractivity (Wildman–Crippen MR) is 73.2 cm³/mol. The van der Waals surface area contributed by atoms with Gasteiger partial charge in [-0.05, 0) is 56.5 Å². The zero-order valence-corrected chi connectivity index (χ0v) is 11.3. The normalized spacial score (nSPS) is 20.2. The molecule has 1 aliphatic rings. The van der Waals surface area contributed by atoms with Crippen LogP contribution in [0.2, 0.25) is 0 Å². The van der Waals surface area contributed by atoms with Crippen molar-refractivity contribution >= 4 is 5.91 Å². The Labute approximate surface area is 113 Å². The molecule has 1 aromatic carbocycles. The predicted octanol–water partition coefficient (Wildman–Crippen LogP) is 2.39. The van der Waals surface area contributed by atoms with Gasteiger partial charge < -0.3 is 10.6 Å². The summed E-state index contributed by atoms with van der Waals surface area (Å²) >= 11 is 0. The zero-order chi connectivity index (χ0) is 13.7. The summed E-state index contributed by atoms with van der Waals surface area (Å²) in [5.74, 6) is 0.451. The van der Waals surface area contributed by atoms with Crippen LogP contribution in [-0.4, -0.2) is 19.0 Å². The van der Waals surface area contributed by atoms with Crippen LogP contribution in [0.25, 0.3) is 0 Å². The van der Waals surface area contributed by atoms with Gasteiger partial charge in [-0.3, -0.25) is 4.79 Å². The van der Waals surface area contributed by atoms with Crippen molar-refractivity contribution in [1.82, 2.24) is 10.6 Å². The lowest BCUT2D eigenvalue weighted by Crippen LogP contribution is -2.27. The third-order valence-corrected chi connectivity index (χ3v) is 3.69. The third kappa shape index (κ3) is 4.31. The summed E-state index contributed by atoms with van der Waals surface area (Å²) < 4.78 is 12.8. The fourth-order valence-electron chi connectivity index (χ4n) is 2.44. The van der Waals surface area contributed by atoms with E-state index in [1.165, 1.54) is 18.6 Å². The average molecular weight is 264 g/mol. The molecule has 104 valence electrons. The molecule has 3 nitrogen and oxygen atoms in total. The largest absolute Gasteiger partial charge is 0.350 e. The van der Waals surface area contributed by atoms with Gasteiger partial charge in [-0.1, -0.05) is 12.1 Å². The van der Waals surface area contributed by atoms with Crippen LogP contribution in [0.4, 0.5) is 4.39 Å². The number of benzene rings is 1. The third-order valence-electron chi connectivity index (χ3n) is 3.69. The highest BCUT2D eigenvalue weighted by Gasteiger charge is 2.16. The Morgan fingerprint density at radius 3 is 2.84 bits per heavy atom. The number of carbonyl (C=O) groups excluding carboxylic acids is 1. The number of nitrogens with one attached hydrogen (secondary N) is 2. The Morgan fingerprint density at radius 2 is 2.21 bits per heavy atom. The fourth-order valence-corrected chi connectivity index (χ4v) is 2.44. The zero-order valence-electron chi connectivity index (χ0n) is 11.3. The minimum atomic E-state index is -0.254. The Morgan fingerprint density at radius 1 is 1.47 bits per heavy atom. The Bertz CT molecular complexity index is 413. The SMILES string of the molecule is C[C@H](NC(=O)CCC1CCNC1)c1ccc(F)cc1. The maximum Gasteiger partial charge on any atom is 0.220 e. The molecule has 2 atom stereocenters. The van der Waals surface area contributed by atoms with E-state index < -0.39 is 0 Å². The van der Waals surface area contributed by atoms with Crippen molar-refractivity contribution in [2.45, 2.75) is 32.2 Å². The van der Waals surface area contributed by atoms with E-state index in [-0.39, 0.29) is 17.8 Å². The maximum atomic E-state index is 12.8. The summed E-state index contributed by atoms with van der Waals surface area (Å²) in [5.41, 5.74) is 0.928. The van der Waals surface area contributed by atoms with E-state index in [2.05, 4.69) is 10.6 Å². The first-order chi connectivity index (χ1) is 9.15. The highest BCUT2D eigenvalue weighted by molar-refractivity contribution is 5.76. The van der Waals surface area contributed by atoms with Crippen LogP contribution in [0, 0.1) is 11.7 Å². The van der Waals surface area contributed by atoms with E-state index in [9.17, 15) is 9.18 Å². The van der Waals surface area contributed by atoms with Crippen molar-refractivity contribution in [3.8, 4) is 0 Å². The molecule has 1 saturated heterocycles. The lowest BCUT2D eigenvalue weighted by Gasteiger charge is -2.15. The van der Waals surface area contributed by atoms with Crippen LogP contribution < -0.4 is 10.6 Å². The molecule has 0 aliphatic carbocycles. The molecule has 0 aromatic heterocycles. The summed E-state index contributed by atoms with van der Waals surface area (Å²) in [6, 6.07) is 6.18. The lowest BCUT2D eigenvalue weighted by molar-refractivity contribution is -0.122. The van der Waals surface area contributed by atoms with E-state index in [1.807, 2.05) is 6.92 Å². The number of halogens is 1. The quantitative estimate of drug-likeness (QED) is 0.857. The van der Waals surface area contributed by atoms with E-state index in [0.717, 1.165) is 25.1 Å². The average Bonchev–Trinajstić information content (AvgIpc) is 2.90. The summed E-state index contributed by atoms with van der Waals surface area (Å²) in [6.07, 6.45) is 2.67. The standard InChI is InChI=1S/C15H21FN2O/c1-11(13-3-5-14(16)6-4-13)18-15(19)7-2-12-8-9-17-10-12/h3-6,11-12,17H,2,7-10H2,1H3,(H,18,19)/t11-,12?/m0/s1. The number of carbonyl (C=O) groups is 1. The molecule has 2 N–H and O–H groups in total. The van der Waals surface area contributed by atoms with Crippen molar-refractivity contribution in [1.29, 1.82) is 0 Å². The Kier molecular flexibility index (Phi) is 4.91. The number of hydrogen-bond donors (Lipinski definition) is 2. The molecule has 4 heteroatoms. The smallest absolute Gasteiger partial charge is 0.220 e. The van der Waals surface area contributed by atoms with Gasteiger partial charge in [0.2, 0.25) is 5.91 Å². The van der Waals surface area contributed by atoms with Gasteiger partial charge in [0.15, 0.2) is 0 Å². The molecule has 2 rings (SSSR count). The second-order valence-electron chi connectivity index (χ2n) is 5.24. The van der Waals surface area contributed by atoms with Crippen molar-refractivity contribution in [2.24, 2.45) is 5.92 Å². The van der Waals surface area contributed by atoms with Crippen LogP contribution in [0.15, 0.2) is 24.3 Å². The molecule has 1 unspecified atom stereocenters. The van der Waals surface area contributed by atoms with Gasteiger partial charge in [-0.2, -0.15) is 0 Å². The van der Waals surface area contributed by atoms with E-state index in [4.69, 9.17) is 0 Å². The number of amides is 1. The van der Waals surface area contributed by atoms with E-state index in [0.29, 0.717) is 12.3 Å². The first-order valence-corrected chi connectivity index (χ1v) is 6.90. The van der Waals surface area contributed by atoms with Crippen LogP contribution in [-0.2, 0) is 4.79 Å². The number of rotatable bonds is 5. The summed E-state index contributed by atoms with van der Waals surface area (Å²) in [4.78, 5) is 11.8. The van der Waals surface area contributed by atoms with Gasteiger partial charge in [0, 0.05) is 6.42 Å². The monoisotopic (exact) mass is 264 g/mol. The summed E-state index contributed by atoms with van der Waals surface area (Å²) in [6.45, 7) is 4.02. The molecule has 1 heterocycles. The van der Waals surface area contributed by atoms with Crippen molar-refractivity contribution in [2.75, 3.05) is 13.1 Å². The first-order valence-electron chi connectivity index (χ1n) is 6.90. The second kappa shape index (κ2) is 6.66. The molecule has 0 bridgehead atoms. The molecule has 0 spiro atoms. The van der Waals surface area contributed by atoms with Gasteiger partial charge >= 0.3 is 0 Å². The van der Waals surface area contributed by atoms with Crippen LogP contribution >= 0.6 is 0 Å². The topological polar surface area (TPSA) is 41.1 Å². The highest BCUT2D eigenvalue weighted by atomic mass is 19.1. The molecular weight excluding hydrogens is 243 g/mol. The minimum absolute atomic E-state index is 0.0729. The van der Waals surface area contributed by atoms with Gasteiger partial charge in [0.1, 0.15) is 5.82 Å². The molecule has 0 saturated carbocycles. The summed E-state index contributed by atoms with van der Waals surface area (Å²) in [7, 11) is 0. The van der Waals surface area contributed by atoms with Crippen LogP contribution in [0.1, 0.15) is 37.8 Å². The van der Waals surface area contributed by atoms with Crippen molar-refractivity contribution in [3.05, 3.63) is 35.6 Å². The highest BCUT2D eigenvalue weighted by Crippen LogP contribution is 2.16. The molecule has 1 fully saturated rings. The fraction of sp³-hybridized carbons (Fsp3) is 0.533. The first kappa shape index (κ1) is 14.0. The molecule has 19 heavy (non-hydrogen) atoms. The molecule has 1 aromatic rings. The second-order valence-corrected chi connectivity index (χ2v) is 5.24. The molecule has 1 amide bonds. The van der Waals surface area contributed by atoms with Crippen LogP contribution in [0.3, 0.4) is 0 Å². The molecule has 1 aliphatic heterocycles. The summed E-state index contributed by atoms with van der Waals surface area (Å²) in [5, 5.41) is 6.26. The van der Waals surface area contributed by atoms with Crippen molar-refractivity contribution < 1.29 is 9.18 Å². The molecular formula is C15H21FN2O. The van der Waals surface area contributed by atoms with E-state index >= 15 is 0 Å². The van der Waals surface area contributed by atoms with Gasteiger partial charge in [-0.15, -0.1) is 0 Å². The Balaban J connectivity index is 1.76. The Hall–Kier alpha value is -1.42. The number of hydrogen-bond acceptors (Lipinski definition) is 2. The van der Waals surface area contributed by atoms with Crippen molar-refractivity contribution in [3.63, 3.8) is 0 Å². The lowest BCUT2D eigenvalue weighted by atomic mass is 10.0. The minimum Gasteiger partial charge on any atom is -0.350 e. The molecule has 0 radical (unpaired) electrons. The van der Waals surface area contributed by atoms with E-state index in [1.54, 1.807) is 12.1 Å².